The summed E-state index contributed by atoms with van der Waals surface area (Å²) in [4.78, 5) is 0. The molecule has 1 heterocycles. The van der Waals surface area contributed by atoms with E-state index in [4.69, 9.17) is 5.73 Å². The van der Waals surface area contributed by atoms with Gasteiger partial charge >= 0.3 is 0 Å². The van der Waals surface area contributed by atoms with Crippen molar-refractivity contribution in [2.24, 2.45) is 11.7 Å². The first kappa shape index (κ1) is 8.97. The topological polar surface area (TPSA) is 58.3 Å². The molecule has 66 valence electrons. The summed E-state index contributed by atoms with van der Waals surface area (Å²) in [6.45, 7) is 3.87. The van der Waals surface area contributed by atoms with Crippen LogP contribution in [0.4, 0.5) is 0 Å². The molecule has 1 fully saturated rings. The largest absolute Gasteiger partial charge is 0.391 e. The van der Waals surface area contributed by atoms with E-state index in [-0.39, 0.29) is 12.1 Å². The molecular formula is C8H18N2O. The molecule has 0 aliphatic carbocycles. The van der Waals surface area contributed by atoms with Crippen molar-refractivity contribution in [2.75, 3.05) is 13.1 Å². The fraction of sp³-hybridized carbons (Fsp3) is 1.00. The number of aliphatic hydroxyl groups is 1. The quantitative estimate of drug-likeness (QED) is 0.517. The highest BCUT2D eigenvalue weighted by atomic mass is 16.3. The summed E-state index contributed by atoms with van der Waals surface area (Å²) in [6.07, 6.45) is 1.94. The number of aliphatic hydroxyl groups excluding tert-OH is 1. The van der Waals surface area contributed by atoms with Crippen molar-refractivity contribution < 1.29 is 5.11 Å². The van der Waals surface area contributed by atoms with Gasteiger partial charge in [-0.1, -0.05) is 0 Å². The Balaban J connectivity index is 2.32. The lowest BCUT2D eigenvalue weighted by Gasteiger charge is -2.29. The minimum atomic E-state index is -0.331. The van der Waals surface area contributed by atoms with Gasteiger partial charge in [0.1, 0.15) is 0 Å². The van der Waals surface area contributed by atoms with Crippen LogP contribution in [0.5, 0.6) is 0 Å². The van der Waals surface area contributed by atoms with Gasteiger partial charge < -0.3 is 16.2 Å². The molecule has 0 aromatic heterocycles. The second-order valence-electron chi connectivity index (χ2n) is 3.46. The lowest BCUT2D eigenvalue weighted by Crippen LogP contribution is -2.44. The van der Waals surface area contributed by atoms with Gasteiger partial charge in [0.2, 0.25) is 0 Å². The molecule has 3 unspecified atom stereocenters. The summed E-state index contributed by atoms with van der Waals surface area (Å²) in [6, 6.07) is -0.0973. The van der Waals surface area contributed by atoms with E-state index >= 15 is 0 Å². The van der Waals surface area contributed by atoms with Gasteiger partial charge in [-0.3, -0.25) is 0 Å². The number of nitrogens with two attached hydrogens (primary N) is 1. The van der Waals surface area contributed by atoms with E-state index in [9.17, 15) is 5.11 Å². The van der Waals surface area contributed by atoms with Crippen LogP contribution in [0.25, 0.3) is 0 Å². The Kier molecular flexibility index (Phi) is 3.30. The zero-order valence-electron chi connectivity index (χ0n) is 7.09. The Morgan fingerprint density at radius 2 is 2.36 bits per heavy atom. The number of rotatable bonds is 2. The van der Waals surface area contributed by atoms with E-state index in [2.05, 4.69) is 5.32 Å². The first-order valence-electron chi connectivity index (χ1n) is 4.36. The molecule has 0 radical (unpaired) electrons. The molecule has 4 N–H and O–H groups in total. The van der Waals surface area contributed by atoms with Gasteiger partial charge in [0.05, 0.1) is 6.10 Å². The first-order valence-corrected chi connectivity index (χ1v) is 4.36. The normalized spacial score (nSPS) is 31.4. The van der Waals surface area contributed by atoms with Crippen molar-refractivity contribution in [3.05, 3.63) is 0 Å². The summed E-state index contributed by atoms with van der Waals surface area (Å²) in [5.41, 5.74) is 5.59. The SMILES string of the molecule is CC(N)C(O)C1CCCNC1. The first-order chi connectivity index (χ1) is 5.22. The summed E-state index contributed by atoms with van der Waals surface area (Å²) in [5.74, 6) is 0.365. The standard InChI is InChI=1S/C8H18N2O/c1-6(9)8(11)7-3-2-4-10-5-7/h6-8,10-11H,2-5,9H2,1H3. The Labute approximate surface area is 68.0 Å². The average molecular weight is 158 g/mol. The van der Waals surface area contributed by atoms with E-state index < -0.39 is 0 Å². The van der Waals surface area contributed by atoms with Crippen molar-refractivity contribution in [1.82, 2.24) is 5.32 Å². The summed E-state index contributed by atoms with van der Waals surface area (Å²) in [7, 11) is 0. The Morgan fingerprint density at radius 3 is 2.82 bits per heavy atom. The van der Waals surface area contributed by atoms with Crippen LogP contribution in [-0.4, -0.2) is 30.3 Å². The van der Waals surface area contributed by atoms with Gasteiger partial charge in [-0.15, -0.1) is 0 Å². The van der Waals surface area contributed by atoms with Crippen LogP contribution in [0.1, 0.15) is 19.8 Å². The summed E-state index contributed by atoms with van der Waals surface area (Å²) in [5, 5.41) is 12.8. The molecule has 0 bridgehead atoms. The van der Waals surface area contributed by atoms with E-state index in [1.165, 1.54) is 0 Å². The van der Waals surface area contributed by atoms with Crippen LogP contribution in [0, 0.1) is 5.92 Å². The summed E-state index contributed by atoms with van der Waals surface area (Å²) >= 11 is 0. The lowest BCUT2D eigenvalue weighted by molar-refractivity contribution is 0.0736. The highest BCUT2D eigenvalue weighted by Gasteiger charge is 2.23. The molecule has 1 rings (SSSR count). The number of hydrogen-bond donors (Lipinski definition) is 3. The van der Waals surface area contributed by atoms with Crippen LogP contribution < -0.4 is 11.1 Å². The minimum Gasteiger partial charge on any atom is -0.391 e. The Bertz CT molecular complexity index is 111. The monoisotopic (exact) mass is 158 g/mol. The van der Waals surface area contributed by atoms with Crippen molar-refractivity contribution in [2.45, 2.75) is 31.9 Å². The second-order valence-corrected chi connectivity index (χ2v) is 3.46. The molecular weight excluding hydrogens is 140 g/mol. The van der Waals surface area contributed by atoms with E-state index in [0.717, 1.165) is 25.9 Å². The van der Waals surface area contributed by atoms with E-state index in [1.54, 1.807) is 0 Å². The number of nitrogens with one attached hydrogen (secondary N) is 1. The second kappa shape index (κ2) is 4.04. The van der Waals surface area contributed by atoms with Crippen LogP contribution >= 0.6 is 0 Å². The molecule has 1 aliphatic rings. The zero-order chi connectivity index (χ0) is 8.27. The third kappa shape index (κ3) is 2.43. The molecule has 1 aliphatic heterocycles. The number of hydrogen-bond acceptors (Lipinski definition) is 3. The molecule has 11 heavy (non-hydrogen) atoms. The molecule has 0 aromatic rings. The highest BCUT2D eigenvalue weighted by Crippen LogP contribution is 2.15. The van der Waals surface area contributed by atoms with Gasteiger partial charge in [-0.05, 0) is 32.2 Å². The van der Waals surface area contributed by atoms with E-state index in [1.807, 2.05) is 6.92 Å². The fourth-order valence-electron chi connectivity index (χ4n) is 1.60. The van der Waals surface area contributed by atoms with Crippen molar-refractivity contribution in [3.8, 4) is 0 Å². The van der Waals surface area contributed by atoms with Crippen molar-refractivity contribution in [1.29, 1.82) is 0 Å². The fourth-order valence-corrected chi connectivity index (χ4v) is 1.60. The van der Waals surface area contributed by atoms with Gasteiger partial charge in [-0.25, -0.2) is 0 Å². The predicted molar refractivity (Wildman–Crippen MR) is 45.2 cm³/mol. The predicted octanol–water partition coefficient (Wildman–Crippen LogP) is -0.306. The lowest BCUT2D eigenvalue weighted by atomic mass is 9.90. The molecule has 3 atom stereocenters. The van der Waals surface area contributed by atoms with Crippen molar-refractivity contribution >= 4 is 0 Å². The maximum absolute atomic E-state index is 9.59. The average Bonchev–Trinajstić information content (AvgIpc) is 2.05. The molecule has 3 heteroatoms. The molecule has 0 spiro atoms. The minimum absolute atomic E-state index is 0.0973. The Morgan fingerprint density at radius 1 is 1.64 bits per heavy atom. The van der Waals surface area contributed by atoms with E-state index in [0.29, 0.717) is 5.92 Å². The van der Waals surface area contributed by atoms with Crippen LogP contribution in [0.3, 0.4) is 0 Å². The van der Waals surface area contributed by atoms with Crippen molar-refractivity contribution in [3.63, 3.8) is 0 Å². The maximum atomic E-state index is 9.59. The van der Waals surface area contributed by atoms with Gasteiger partial charge in [0.15, 0.2) is 0 Å². The highest BCUT2D eigenvalue weighted by molar-refractivity contribution is 4.80. The molecule has 0 saturated carbocycles. The van der Waals surface area contributed by atoms with Gasteiger partial charge in [-0.2, -0.15) is 0 Å². The zero-order valence-corrected chi connectivity index (χ0v) is 7.09. The maximum Gasteiger partial charge on any atom is 0.0728 e. The van der Waals surface area contributed by atoms with Gasteiger partial charge in [0, 0.05) is 12.6 Å². The molecule has 3 nitrogen and oxygen atoms in total. The third-order valence-electron chi connectivity index (χ3n) is 2.36. The summed E-state index contributed by atoms with van der Waals surface area (Å²) < 4.78 is 0. The van der Waals surface area contributed by atoms with Gasteiger partial charge in [0.25, 0.3) is 0 Å². The van der Waals surface area contributed by atoms with Crippen LogP contribution in [0.15, 0.2) is 0 Å². The van der Waals surface area contributed by atoms with Crippen LogP contribution in [0.2, 0.25) is 0 Å². The third-order valence-corrected chi connectivity index (χ3v) is 2.36. The molecule has 1 saturated heterocycles. The molecule has 0 amide bonds. The van der Waals surface area contributed by atoms with Crippen LogP contribution in [-0.2, 0) is 0 Å². The number of piperidine rings is 1. The Hall–Kier alpha value is -0.120. The smallest absolute Gasteiger partial charge is 0.0728 e. The molecule has 0 aromatic carbocycles.